The number of rotatable bonds is 1. The Morgan fingerprint density at radius 2 is 2.13 bits per heavy atom. The summed E-state index contributed by atoms with van der Waals surface area (Å²) in [6.45, 7) is 1.87. The largest absolute Gasteiger partial charge is 0.463 e. The molecule has 15 heavy (non-hydrogen) atoms. The summed E-state index contributed by atoms with van der Waals surface area (Å²) in [6.07, 6.45) is 1.15. The van der Waals surface area contributed by atoms with E-state index in [4.69, 9.17) is 4.42 Å². The first kappa shape index (κ1) is 9.98. The number of carbonyl (C=O) groups is 1. The third-order valence-corrected chi connectivity index (χ3v) is 2.40. The van der Waals surface area contributed by atoms with Gasteiger partial charge in [-0.05, 0) is 19.1 Å². The molecule has 3 nitrogen and oxygen atoms in total. The van der Waals surface area contributed by atoms with Crippen LogP contribution >= 0.6 is 12.6 Å². The Hall–Kier alpha value is -1.55. The molecule has 0 aliphatic carbocycles. The summed E-state index contributed by atoms with van der Waals surface area (Å²) in [5.41, 5.74) is 1.05. The molecule has 0 bridgehead atoms. The van der Waals surface area contributed by atoms with Crippen LogP contribution in [0.25, 0.3) is 11.0 Å². The van der Waals surface area contributed by atoms with Crippen molar-refractivity contribution in [2.24, 2.45) is 0 Å². The van der Waals surface area contributed by atoms with Crippen LogP contribution in [0.4, 0.5) is 0 Å². The predicted octanol–water partition coefficient (Wildman–Crippen LogP) is 2.17. The zero-order chi connectivity index (χ0) is 11.0. The Balaban J connectivity index is 2.89. The van der Waals surface area contributed by atoms with Gasteiger partial charge in [0.1, 0.15) is 17.4 Å². The number of aryl methyl sites for hydroxylation is 1. The Labute approximate surface area is 91.1 Å². The van der Waals surface area contributed by atoms with Crippen LogP contribution in [-0.4, -0.2) is 5.12 Å². The lowest BCUT2D eigenvalue weighted by atomic mass is 10.1. The van der Waals surface area contributed by atoms with Gasteiger partial charge in [0, 0.05) is 0 Å². The molecule has 0 saturated carbocycles. The summed E-state index contributed by atoms with van der Waals surface area (Å²) in [4.78, 5) is 22.8. The van der Waals surface area contributed by atoms with Crippen molar-refractivity contribution < 1.29 is 9.21 Å². The van der Waals surface area contributed by atoms with Gasteiger partial charge in [-0.15, -0.1) is 12.6 Å². The summed E-state index contributed by atoms with van der Waals surface area (Å²) in [5.74, 6) is 0. The predicted molar refractivity (Wildman–Crippen MR) is 60.5 cm³/mol. The normalized spacial score (nSPS) is 10.5. The maximum absolute atomic E-state index is 11.8. The number of hydrogen-bond acceptors (Lipinski definition) is 3. The van der Waals surface area contributed by atoms with Gasteiger partial charge in [0.15, 0.2) is 0 Å². The molecule has 0 atom stereocenters. The Kier molecular flexibility index (Phi) is 2.36. The molecular weight excluding hydrogens is 212 g/mol. The smallest absolute Gasteiger partial charge is 0.223 e. The van der Waals surface area contributed by atoms with Crippen LogP contribution in [-0.2, 0) is 0 Å². The maximum Gasteiger partial charge on any atom is 0.223 e. The first-order valence-corrected chi connectivity index (χ1v) is 4.80. The van der Waals surface area contributed by atoms with Crippen LogP contribution in [0.15, 0.2) is 33.7 Å². The highest BCUT2D eigenvalue weighted by Crippen LogP contribution is 2.13. The second-order valence-corrected chi connectivity index (χ2v) is 3.69. The molecule has 76 valence electrons. The zero-order valence-corrected chi connectivity index (χ0v) is 8.88. The van der Waals surface area contributed by atoms with Crippen LogP contribution in [0.5, 0.6) is 0 Å². The van der Waals surface area contributed by atoms with Crippen molar-refractivity contribution in [3.05, 3.63) is 45.8 Å². The minimum absolute atomic E-state index is 0.0311. The fourth-order valence-corrected chi connectivity index (χ4v) is 1.55. The number of hydrogen-bond donors (Lipinski definition) is 1. The summed E-state index contributed by atoms with van der Waals surface area (Å²) >= 11 is 3.61. The average Bonchev–Trinajstić information content (AvgIpc) is 2.19. The number of fused-ring (bicyclic) bond motifs is 1. The minimum Gasteiger partial charge on any atom is -0.463 e. The third kappa shape index (κ3) is 1.68. The second kappa shape index (κ2) is 3.55. The second-order valence-electron chi connectivity index (χ2n) is 3.28. The fourth-order valence-electron chi connectivity index (χ4n) is 1.39. The summed E-state index contributed by atoms with van der Waals surface area (Å²) in [5, 5.41) is -0.165. The quantitative estimate of drug-likeness (QED) is 0.749. The number of thiol groups is 1. The summed E-state index contributed by atoms with van der Waals surface area (Å²) < 4.78 is 5.17. The van der Waals surface area contributed by atoms with E-state index in [0.29, 0.717) is 11.0 Å². The molecular formula is C11H8O3S. The number of carbonyl (C=O) groups excluding carboxylic acids is 1. The molecule has 0 spiro atoms. The van der Waals surface area contributed by atoms with E-state index in [0.717, 1.165) is 11.8 Å². The topological polar surface area (TPSA) is 47.3 Å². The zero-order valence-electron chi connectivity index (χ0n) is 7.98. The van der Waals surface area contributed by atoms with Gasteiger partial charge >= 0.3 is 0 Å². The van der Waals surface area contributed by atoms with Crippen molar-refractivity contribution in [3.8, 4) is 0 Å². The highest BCUT2D eigenvalue weighted by molar-refractivity contribution is 7.97. The van der Waals surface area contributed by atoms with Gasteiger partial charge in [0.25, 0.3) is 0 Å². The van der Waals surface area contributed by atoms with Crippen LogP contribution < -0.4 is 5.43 Å². The number of benzene rings is 1. The Bertz CT molecular complexity index is 598. The molecule has 1 heterocycles. The van der Waals surface area contributed by atoms with E-state index >= 15 is 0 Å². The van der Waals surface area contributed by atoms with Crippen LogP contribution in [0.2, 0.25) is 0 Å². The van der Waals surface area contributed by atoms with E-state index in [9.17, 15) is 9.59 Å². The Morgan fingerprint density at radius 1 is 1.40 bits per heavy atom. The standard InChI is InChI=1S/C11H8O3S/c1-6-2-3-9-7(4-6)10(12)8(5-14-9)11(13)15/h2-5H,1H3,(H,13,15). The highest BCUT2D eigenvalue weighted by Gasteiger charge is 2.10. The average molecular weight is 220 g/mol. The van der Waals surface area contributed by atoms with Gasteiger partial charge in [-0.25, -0.2) is 0 Å². The molecule has 0 unspecified atom stereocenters. The molecule has 2 aromatic rings. The van der Waals surface area contributed by atoms with Crippen molar-refractivity contribution in [3.63, 3.8) is 0 Å². The van der Waals surface area contributed by atoms with Crippen LogP contribution in [0.1, 0.15) is 15.9 Å². The monoisotopic (exact) mass is 220 g/mol. The molecule has 0 N–H and O–H groups in total. The van der Waals surface area contributed by atoms with Gasteiger partial charge in [-0.2, -0.15) is 0 Å². The SMILES string of the molecule is Cc1ccc2occ(C(=O)S)c(=O)c2c1. The van der Waals surface area contributed by atoms with E-state index in [1.807, 2.05) is 13.0 Å². The van der Waals surface area contributed by atoms with Crippen molar-refractivity contribution in [1.82, 2.24) is 0 Å². The molecule has 2 rings (SSSR count). The van der Waals surface area contributed by atoms with Gasteiger partial charge < -0.3 is 4.42 Å². The maximum atomic E-state index is 11.8. The molecule has 1 aromatic carbocycles. The summed E-state index contributed by atoms with van der Waals surface area (Å²) in [7, 11) is 0. The van der Waals surface area contributed by atoms with Crippen LogP contribution in [0, 0.1) is 6.92 Å². The Morgan fingerprint density at radius 3 is 2.80 bits per heavy atom. The van der Waals surface area contributed by atoms with E-state index in [2.05, 4.69) is 12.6 Å². The van der Waals surface area contributed by atoms with Crippen molar-refractivity contribution in [2.45, 2.75) is 6.92 Å². The van der Waals surface area contributed by atoms with E-state index < -0.39 is 5.12 Å². The molecule has 1 aromatic heterocycles. The van der Waals surface area contributed by atoms with E-state index in [1.54, 1.807) is 12.1 Å². The van der Waals surface area contributed by atoms with E-state index in [-0.39, 0.29) is 11.0 Å². The lowest BCUT2D eigenvalue weighted by Gasteiger charge is -1.99. The lowest BCUT2D eigenvalue weighted by Crippen LogP contribution is -2.11. The third-order valence-electron chi connectivity index (χ3n) is 2.16. The van der Waals surface area contributed by atoms with Crippen molar-refractivity contribution in [2.75, 3.05) is 0 Å². The van der Waals surface area contributed by atoms with Crippen molar-refractivity contribution in [1.29, 1.82) is 0 Å². The molecule has 0 fully saturated rings. The molecule has 4 heteroatoms. The fraction of sp³-hybridized carbons (Fsp3) is 0.0909. The minimum atomic E-state index is -0.577. The lowest BCUT2D eigenvalue weighted by molar-refractivity contribution is 0.108. The molecule has 0 amide bonds. The first-order chi connectivity index (χ1) is 7.09. The molecule has 0 saturated heterocycles. The highest BCUT2D eigenvalue weighted by atomic mass is 32.1. The van der Waals surface area contributed by atoms with Crippen molar-refractivity contribution >= 4 is 28.7 Å². The van der Waals surface area contributed by atoms with Gasteiger partial charge in [0.05, 0.1) is 5.39 Å². The van der Waals surface area contributed by atoms with E-state index in [1.165, 1.54) is 0 Å². The van der Waals surface area contributed by atoms with Gasteiger partial charge in [0.2, 0.25) is 10.5 Å². The first-order valence-electron chi connectivity index (χ1n) is 4.35. The molecule has 0 radical (unpaired) electrons. The van der Waals surface area contributed by atoms with Crippen LogP contribution in [0.3, 0.4) is 0 Å². The summed E-state index contributed by atoms with van der Waals surface area (Å²) in [6, 6.07) is 5.24. The molecule has 0 aliphatic rings. The van der Waals surface area contributed by atoms with Gasteiger partial charge in [-0.1, -0.05) is 11.6 Å². The van der Waals surface area contributed by atoms with Gasteiger partial charge in [-0.3, -0.25) is 9.59 Å². The molecule has 0 aliphatic heterocycles.